The van der Waals surface area contributed by atoms with Crippen LogP contribution >= 0.6 is 11.3 Å². The first-order valence-corrected chi connectivity index (χ1v) is 9.55. The van der Waals surface area contributed by atoms with Crippen molar-refractivity contribution in [3.05, 3.63) is 76.3 Å². The standard InChI is InChI=1S/C22H19N3OS/c1-13-8-10-16(11-9-13)20-12-18(17-6-4-5-7-19(17)24-20)21(26)25-22-23-14(2)15(3)27-22/h4-12H,1-3H3,(H,23,25,26). The second kappa shape index (κ2) is 6.93. The van der Waals surface area contributed by atoms with Gasteiger partial charge in [-0.2, -0.15) is 0 Å². The molecule has 0 unspecified atom stereocenters. The summed E-state index contributed by atoms with van der Waals surface area (Å²) in [6.45, 7) is 5.99. The Morgan fingerprint density at radius 3 is 2.41 bits per heavy atom. The van der Waals surface area contributed by atoms with Gasteiger partial charge < -0.3 is 0 Å². The van der Waals surface area contributed by atoms with Gasteiger partial charge in [0.15, 0.2) is 5.13 Å². The molecule has 1 N–H and O–H groups in total. The van der Waals surface area contributed by atoms with Crippen molar-refractivity contribution in [2.24, 2.45) is 0 Å². The van der Waals surface area contributed by atoms with E-state index < -0.39 is 0 Å². The van der Waals surface area contributed by atoms with Crippen molar-refractivity contribution in [3.8, 4) is 11.3 Å². The van der Waals surface area contributed by atoms with E-state index in [1.165, 1.54) is 16.9 Å². The van der Waals surface area contributed by atoms with Gasteiger partial charge in [-0.15, -0.1) is 11.3 Å². The van der Waals surface area contributed by atoms with Gasteiger partial charge in [0.25, 0.3) is 5.91 Å². The van der Waals surface area contributed by atoms with E-state index in [-0.39, 0.29) is 5.91 Å². The number of thiazole rings is 1. The zero-order valence-electron chi connectivity index (χ0n) is 15.4. The molecule has 4 nitrogen and oxygen atoms in total. The summed E-state index contributed by atoms with van der Waals surface area (Å²) in [4.78, 5) is 23.3. The van der Waals surface area contributed by atoms with Crippen molar-refractivity contribution in [2.45, 2.75) is 20.8 Å². The van der Waals surface area contributed by atoms with E-state index in [4.69, 9.17) is 4.98 Å². The van der Waals surface area contributed by atoms with E-state index in [1.807, 2.05) is 68.4 Å². The van der Waals surface area contributed by atoms with Crippen molar-refractivity contribution in [3.63, 3.8) is 0 Å². The van der Waals surface area contributed by atoms with Crippen molar-refractivity contribution in [2.75, 3.05) is 5.32 Å². The van der Waals surface area contributed by atoms with Crippen LogP contribution < -0.4 is 5.32 Å². The molecule has 4 rings (SSSR count). The van der Waals surface area contributed by atoms with Gasteiger partial charge in [0.05, 0.1) is 22.5 Å². The van der Waals surface area contributed by atoms with Crippen LogP contribution in [0.5, 0.6) is 0 Å². The zero-order valence-corrected chi connectivity index (χ0v) is 16.2. The molecule has 2 aromatic carbocycles. The van der Waals surface area contributed by atoms with E-state index in [0.717, 1.165) is 32.7 Å². The number of carbonyl (C=O) groups excluding carboxylic acids is 1. The molecule has 0 spiro atoms. The molecule has 1 amide bonds. The first kappa shape index (κ1) is 17.4. The fraction of sp³-hybridized carbons (Fsp3) is 0.136. The van der Waals surface area contributed by atoms with E-state index in [9.17, 15) is 4.79 Å². The number of nitrogens with zero attached hydrogens (tertiary/aromatic N) is 2. The van der Waals surface area contributed by atoms with Gasteiger partial charge in [0.2, 0.25) is 0 Å². The Bertz CT molecular complexity index is 1130. The second-order valence-electron chi connectivity index (χ2n) is 6.55. The van der Waals surface area contributed by atoms with Crippen molar-refractivity contribution in [1.29, 1.82) is 0 Å². The highest BCUT2D eigenvalue weighted by molar-refractivity contribution is 7.15. The number of anilines is 1. The summed E-state index contributed by atoms with van der Waals surface area (Å²) in [5.74, 6) is -0.171. The first-order chi connectivity index (χ1) is 13.0. The average Bonchev–Trinajstić information content (AvgIpc) is 2.98. The molecular weight excluding hydrogens is 354 g/mol. The number of hydrogen-bond acceptors (Lipinski definition) is 4. The highest BCUT2D eigenvalue weighted by atomic mass is 32.1. The Hall–Kier alpha value is -3.05. The fourth-order valence-corrected chi connectivity index (χ4v) is 3.74. The number of fused-ring (bicyclic) bond motifs is 1. The lowest BCUT2D eigenvalue weighted by molar-refractivity contribution is 0.102. The van der Waals surface area contributed by atoms with Crippen LogP contribution in [-0.4, -0.2) is 15.9 Å². The lowest BCUT2D eigenvalue weighted by Gasteiger charge is -2.10. The molecule has 0 bridgehead atoms. The molecule has 0 radical (unpaired) electrons. The smallest absolute Gasteiger partial charge is 0.258 e. The minimum Gasteiger partial charge on any atom is -0.298 e. The van der Waals surface area contributed by atoms with Crippen LogP contribution in [0.2, 0.25) is 0 Å². The Morgan fingerprint density at radius 2 is 1.70 bits per heavy atom. The summed E-state index contributed by atoms with van der Waals surface area (Å²) in [7, 11) is 0. The van der Waals surface area contributed by atoms with Gasteiger partial charge in [-0.05, 0) is 32.9 Å². The Balaban J connectivity index is 1.80. The van der Waals surface area contributed by atoms with E-state index in [1.54, 1.807) is 0 Å². The molecule has 0 aliphatic carbocycles. The predicted molar refractivity (Wildman–Crippen MR) is 111 cm³/mol. The molecule has 0 aliphatic rings. The number of aromatic nitrogens is 2. The van der Waals surface area contributed by atoms with Crippen LogP contribution in [-0.2, 0) is 0 Å². The maximum Gasteiger partial charge on any atom is 0.258 e. The van der Waals surface area contributed by atoms with Gasteiger partial charge in [0.1, 0.15) is 0 Å². The normalized spacial score (nSPS) is 10.9. The topological polar surface area (TPSA) is 54.9 Å². The maximum absolute atomic E-state index is 13.0. The molecule has 0 fully saturated rings. The number of pyridine rings is 1. The van der Waals surface area contributed by atoms with Crippen LogP contribution in [0.3, 0.4) is 0 Å². The summed E-state index contributed by atoms with van der Waals surface area (Å²) < 4.78 is 0. The van der Waals surface area contributed by atoms with Crippen LogP contribution in [0.1, 0.15) is 26.5 Å². The average molecular weight is 373 g/mol. The summed E-state index contributed by atoms with van der Waals surface area (Å²) in [6.07, 6.45) is 0. The maximum atomic E-state index is 13.0. The summed E-state index contributed by atoms with van der Waals surface area (Å²) in [5, 5.41) is 4.39. The van der Waals surface area contributed by atoms with Gasteiger partial charge in [0, 0.05) is 15.8 Å². The number of hydrogen-bond donors (Lipinski definition) is 1. The number of rotatable bonds is 3. The van der Waals surface area contributed by atoms with Crippen LogP contribution in [0.25, 0.3) is 22.2 Å². The van der Waals surface area contributed by atoms with Gasteiger partial charge in [-0.3, -0.25) is 10.1 Å². The number of nitrogens with one attached hydrogen (secondary N) is 1. The molecular formula is C22H19N3OS. The lowest BCUT2D eigenvalue weighted by atomic mass is 10.0. The van der Waals surface area contributed by atoms with E-state index in [0.29, 0.717) is 10.7 Å². The summed E-state index contributed by atoms with van der Waals surface area (Å²) in [5.41, 5.74) is 5.29. The molecule has 27 heavy (non-hydrogen) atoms. The molecule has 134 valence electrons. The molecule has 0 atom stereocenters. The minimum absolute atomic E-state index is 0.171. The molecule has 0 saturated carbocycles. The number of benzene rings is 2. The van der Waals surface area contributed by atoms with Gasteiger partial charge in [-0.25, -0.2) is 9.97 Å². The molecule has 2 aromatic heterocycles. The number of carbonyl (C=O) groups is 1. The highest BCUT2D eigenvalue weighted by Crippen LogP contribution is 2.27. The third-order valence-corrected chi connectivity index (χ3v) is 5.55. The van der Waals surface area contributed by atoms with Crippen LogP contribution in [0.4, 0.5) is 5.13 Å². The third kappa shape index (κ3) is 3.46. The van der Waals surface area contributed by atoms with Crippen molar-refractivity contribution >= 4 is 33.3 Å². The Kier molecular flexibility index (Phi) is 4.46. The van der Waals surface area contributed by atoms with Crippen molar-refractivity contribution < 1.29 is 4.79 Å². The van der Waals surface area contributed by atoms with Crippen LogP contribution in [0.15, 0.2) is 54.6 Å². The van der Waals surface area contributed by atoms with Gasteiger partial charge >= 0.3 is 0 Å². The third-order valence-electron chi connectivity index (χ3n) is 4.56. The number of para-hydroxylation sites is 1. The molecule has 0 saturated heterocycles. The molecule has 4 aromatic rings. The highest BCUT2D eigenvalue weighted by Gasteiger charge is 2.16. The van der Waals surface area contributed by atoms with Gasteiger partial charge in [-0.1, -0.05) is 48.0 Å². The molecule has 5 heteroatoms. The lowest BCUT2D eigenvalue weighted by Crippen LogP contribution is -2.13. The molecule has 2 heterocycles. The van der Waals surface area contributed by atoms with Crippen LogP contribution in [0, 0.1) is 20.8 Å². The monoisotopic (exact) mass is 373 g/mol. The predicted octanol–water partition coefficient (Wildman–Crippen LogP) is 5.54. The quantitative estimate of drug-likeness (QED) is 0.513. The minimum atomic E-state index is -0.171. The zero-order chi connectivity index (χ0) is 19.0. The summed E-state index contributed by atoms with van der Waals surface area (Å²) >= 11 is 1.49. The first-order valence-electron chi connectivity index (χ1n) is 8.73. The van der Waals surface area contributed by atoms with E-state index >= 15 is 0 Å². The fourth-order valence-electron chi connectivity index (χ4n) is 2.93. The Morgan fingerprint density at radius 1 is 0.963 bits per heavy atom. The van der Waals surface area contributed by atoms with Crippen molar-refractivity contribution in [1.82, 2.24) is 9.97 Å². The SMILES string of the molecule is Cc1ccc(-c2cc(C(=O)Nc3nc(C)c(C)s3)c3ccccc3n2)cc1. The molecule has 0 aliphatic heterocycles. The second-order valence-corrected chi connectivity index (χ2v) is 7.76. The number of aryl methyl sites for hydroxylation is 3. The number of amides is 1. The Labute approximate surface area is 161 Å². The van der Waals surface area contributed by atoms with E-state index in [2.05, 4.69) is 17.2 Å². The largest absolute Gasteiger partial charge is 0.298 e. The summed E-state index contributed by atoms with van der Waals surface area (Å²) in [6, 6.07) is 17.7.